The van der Waals surface area contributed by atoms with Crippen LogP contribution in [-0.4, -0.2) is 27.0 Å². The van der Waals surface area contributed by atoms with Crippen molar-refractivity contribution in [3.8, 4) is 0 Å². The number of hydrogen-bond donors (Lipinski definition) is 2. The number of rotatable bonds is 15. The van der Waals surface area contributed by atoms with E-state index in [4.69, 9.17) is 33.4 Å². The fraction of sp³-hybridized carbons (Fsp3) is 0.875. The molecule has 4 nitrogen and oxygen atoms in total. The third kappa shape index (κ3) is 14.5. The van der Waals surface area contributed by atoms with Crippen LogP contribution in [0.3, 0.4) is 0 Å². The van der Waals surface area contributed by atoms with Crippen LogP contribution in [0, 0.1) is 5.92 Å². The lowest BCUT2D eigenvalue weighted by Crippen LogP contribution is -2.17. The summed E-state index contributed by atoms with van der Waals surface area (Å²) in [6.45, 7) is 0. The molecular formula is C16H28Cl2O4. The average molecular weight is 355 g/mol. The highest BCUT2D eigenvalue weighted by molar-refractivity contribution is 6.44. The van der Waals surface area contributed by atoms with Crippen LogP contribution in [0.15, 0.2) is 0 Å². The normalized spacial score (nSPS) is 12.5. The number of unbranched alkanes of at least 4 members (excludes halogenated alkanes) is 8. The van der Waals surface area contributed by atoms with Crippen molar-refractivity contribution in [1.29, 1.82) is 0 Å². The number of halogens is 2. The van der Waals surface area contributed by atoms with E-state index in [0.29, 0.717) is 6.42 Å². The van der Waals surface area contributed by atoms with Crippen molar-refractivity contribution in [2.45, 2.75) is 81.9 Å². The number of carbonyl (C=O) groups is 2. The van der Waals surface area contributed by atoms with Crippen LogP contribution in [-0.2, 0) is 9.59 Å². The Bertz CT molecular complexity index is 309. The van der Waals surface area contributed by atoms with Crippen LogP contribution < -0.4 is 0 Å². The first-order chi connectivity index (χ1) is 10.4. The maximum Gasteiger partial charge on any atom is 0.307 e. The minimum absolute atomic E-state index is 0.240. The summed E-state index contributed by atoms with van der Waals surface area (Å²) in [5, 5.41) is 17.6. The molecule has 22 heavy (non-hydrogen) atoms. The molecule has 1 unspecified atom stereocenters. The Hall–Kier alpha value is -0.480. The lowest BCUT2D eigenvalue weighted by atomic mass is 9.97. The summed E-state index contributed by atoms with van der Waals surface area (Å²) in [6, 6.07) is 0. The molecule has 0 saturated heterocycles. The zero-order valence-electron chi connectivity index (χ0n) is 13.1. The van der Waals surface area contributed by atoms with Gasteiger partial charge in [-0.25, -0.2) is 0 Å². The summed E-state index contributed by atoms with van der Waals surface area (Å²) < 4.78 is 0. The molecule has 0 rings (SSSR count). The quantitative estimate of drug-likeness (QED) is 0.310. The topological polar surface area (TPSA) is 74.6 Å². The van der Waals surface area contributed by atoms with Crippen molar-refractivity contribution < 1.29 is 19.8 Å². The SMILES string of the molecule is O=C(O)CC(CCCCCCCCCCCC(Cl)Cl)C(=O)O. The summed E-state index contributed by atoms with van der Waals surface area (Å²) in [4.78, 5) is 21.2. The molecule has 0 aliphatic carbocycles. The van der Waals surface area contributed by atoms with Crippen LogP contribution in [0.4, 0.5) is 0 Å². The number of carboxylic acid groups (broad SMARTS) is 2. The van der Waals surface area contributed by atoms with E-state index in [1.54, 1.807) is 0 Å². The highest BCUT2D eigenvalue weighted by Crippen LogP contribution is 2.17. The Kier molecular flexibility index (Phi) is 13.8. The fourth-order valence-corrected chi connectivity index (χ4v) is 2.76. The Morgan fingerprint density at radius 2 is 1.14 bits per heavy atom. The first-order valence-electron chi connectivity index (χ1n) is 8.16. The molecule has 0 aliphatic rings. The molecule has 0 bridgehead atoms. The molecule has 1 atom stereocenters. The van der Waals surface area contributed by atoms with E-state index in [1.807, 2.05) is 0 Å². The summed E-state index contributed by atoms with van der Waals surface area (Å²) in [5.41, 5.74) is 0. The van der Waals surface area contributed by atoms with Gasteiger partial charge in [0.1, 0.15) is 4.84 Å². The van der Waals surface area contributed by atoms with E-state index in [0.717, 1.165) is 38.5 Å². The van der Waals surface area contributed by atoms with Gasteiger partial charge in [0.05, 0.1) is 12.3 Å². The first-order valence-corrected chi connectivity index (χ1v) is 9.03. The van der Waals surface area contributed by atoms with Crippen molar-refractivity contribution in [3.05, 3.63) is 0 Å². The van der Waals surface area contributed by atoms with E-state index >= 15 is 0 Å². The molecular weight excluding hydrogens is 327 g/mol. The van der Waals surface area contributed by atoms with Crippen LogP contribution in [0.25, 0.3) is 0 Å². The number of hydrogen-bond acceptors (Lipinski definition) is 2. The molecule has 0 radical (unpaired) electrons. The van der Waals surface area contributed by atoms with Crippen LogP contribution in [0.1, 0.15) is 77.0 Å². The molecule has 0 aromatic rings. The molecule has 0 amide bonds. The molecule has 2 N–H and O–H groups in total. The third-order valence-electron chi connectivity index (χ3n) is 3.75. The van der Waals surface area contributed by atoms with Gasteiger partial charge in [0.25, 0.3) is 0 Å². The second-order valence-corrected chi connectivity index (χ2v) is 7.06. The van der Waals surface area contributed by atoms with E-state index < -0.39 is 17.9 Å². The number of carboxylic acids is 2. The van der Waals surface area contributed by atoms with Crippen LogP contribution in [0.5, 0.6) is 0 Å². The molecule has 0 heterocycles. The predicted octanol–water partition coefficient (Wildman–Crippen LogP) is 5.26. The van der Waals surface area contributed by atoms with Crippen molar-refractivity contribution in [2.75, 3.05) is 0 Å². The highest BCUT2D eigenvalue weighted by atomic mass is 35.5. The van der Waals surface area contributed by atoms with Crippen molar-refractivity contribution in [2.24, 2.45) is 5.92 Å². The molecule has 0 aliphatic heterocycles. The molecule has 0 fully saturated rings. The monoisotopic (exact) mass is 354 g/mol. The molecule has 0 spiro atoms. The van der Waals surface area contributed by atoms with Gasteiger partial charge in [-0.3, -0.25) is 9.59 Å². The molecule has 130 valence electrons. The average Bonchev–Trinajstić information content (AvgIpc) is 2.42. The van der Waals surface area contributed by atoms with Gasteiger partial charge in [0.15, 0.2) is 0 Å². The maximum atomic E-state index is 10.9. The van der Waals surface area contributed by atoms with E-state index in [9.17, 15) is 9.59 Å². The summed E-state index contributed by atoms with van der Waals surface area (Å²) in [7, 11) is 0. The summed E-state index contributed by atoms with van der Waals surface area (Å²) >= 11 is 11.3. The van der Waals surface area contributed by atoms with Gasteiger partial charge in [-0.2, -0.15) is 0 Å². The van der Waals surface area contributed by atoms with Gasteiger partial charge in [0, 0.05) is 0 Å². The predicted molar refractivity (Wildman–Crippen MR) is 89.7 cm³/mol. The van der Waals surface area contributed by atoms with Gasteiger partial charge < -0.3 is 10.2 Å². The summed E-state index contributed by atoms with van der Waals surface area (Å²) in [6.07, 6.45) is 10.9. The van der Waals surface area contributed by atoms with E-state index in [2.05, 4.69) is 0 Å². The lowest BCUT2D eigenvalue weighted by Gasteiger charge is -2.09. The Morgan fingerprint density at radius 3 is 1.50 bits per heavy atom. The Morgan fingerprint density at radius 1 is 0.727 bits per heavy atom. The summed E-state index contributed by atoms with van der Waals surface area (Å²) in [5.74, 6) is -2.79. The second-order valence-electron chi connectivity index (χ2n) is 5.78. The van der Waals surface area contributed by atoms with Gasteiger partial charge in [-0.1, -0.05) is 57.8 Å². The van der Waals surface area contributed by atoms with Crippen LogP contribution >= 0.6 is 23.2 Å². The van der Waals surface area contributed by atoms with Gasteiger partial charge in [-0.05, 0) is 12.8 Å². The minimum Gasteiger partial charge on any atom is -0.481 e. The lowest BCUT2D eigenvalue weighted by molar-refractivity contribution is -0.148. The largest absolute Gasteiger partial charge is 0.481 e. The Balaban J connectivity index is 3.38. The highest BCUT2D eigenvalue weighted by Gasteiger charge is 2.20. The minimum atomic E-state index is -1.04. The zero-order chi connectivity index (χ0) is 16.8. The van der Waals surface area contributed by atoms with E-state index in [1.165, 1.54) is 25.7 Å². The van der Waals surface area contributed by atoms with Gasteiger partial charge in [0.2, 0.25) is 0 Å². The van der Waals surface area contributed by atoms with Gasteiger partial charge >= 0.3 is 11.9 Å². The maximum absolute atomic E-state index is 10.9. The van der Waals surface area contributed by atoms with E-state index in [-0.39, 0.29) is 11.3 Å². The zero-order valence-corrected chi connectivity index (χ0v) is 14.6. The molecule has 0 aromatic carbocycles. The van der Waals surface area contributed by atoms with Gasteiger partial charge in [-0.15, -0.1) is 23.2 Å². The van der Waals surface area contributed by atoms with Crippen molar-refractivity contribution in [1.82, 2.24) is 0 Å². The third-order valence-corrected chi connectivity index (χ3v) is 4.18. The second kappa shape index (κ2) is 14.1. The first kappa shape index (κ1) is 21.5. The van der Waals surface area contributed by atoms with Crippen molar-refractivity contribution in [3.63, 3.8) is 0 Å². The molecule has 0 saturated carbocycles. The van der Waals surface area contributed by atoms with Crippen LogP contribution in [0.2, 0.25) is 0 Å². The Labute approximate surface area is 143 Å². The smallest absolute Gasteiger partial charge is 0.307 e. The number of alkyl halides is 2. The number of aliphatic carboxylic acids is 2. The standard InChI is InChI=1S/C16H28Cl2O4/c17-14(18)11-9-7-5-3-1-2-4-6-8-10-13(16(21)22)12-15(19)20/h13-14H,1-12H2,(H,19,20)(H,21,22). The van der Waals surface area contributed by atoms with Crippen molar-refractivity contribution >= 4 is 35.1 Å². The molecule has 6 heteroatoms. The fourth-order valence-electron chi connectivity index (χ4n) is 2.45. The molecule has 0 aromatic heterocycles.